The molecule has 0 spiro atoms. The van der Waals surface area contributed by atoms with Crippen LogP contribution in [0.4, 0.5) is 5.82 Å². The first kappa shape index (κ1) is 12.0. The molecule has 6 heteroatoms. The first-order chi connectivity index (χ1) is 8.70. The number of nitrogens with zero attached hydrogens (tertiary/aromatic N) is 1. The summed E-state index contributed by atoms with van der Waals surface area (Å²) in [6, 6.07) is 8.98. The molecule has 1 aromatic heterocycles. The summed E-state index contributed by atoms with van der Waals surface area (Å²) < 4.78 is 5.20. The first-order valence-corrected chi connectivity index (χ1v) is 5.41. The molecule has 0 aliphatic carbocycles. The molecule has 18 heavy (non-hydrogen) atoms. The highest BCUT2D eigenvalue weighted by Gasteiger charge is 2.09. The summed E-state index contributed by atoms with van der Waals surface area (Å²) in [4.78, 5) is 11.8. The Morgan fingerprint density at radius 2 is 2.28 bits per heavy atom. The van der Waals surface area contributed by atoms with Crippen molar-refractivity contribution in [3.8, 4) is 5.75 Å². The number of ether oxygens (including phenoxy) is 1. The lowest BCUT2D eigenvalue weighted by atomic mass is 10.2. The van der Waals surface area contributed by atoms with Gasteiger partial charge in [0.15, 0.2) is 0 Å². The van der Waals surface area contributed by atoms with Crippen LogP contribution in [-0.4, -0.2) is 23.2 Å². The van der Waals surface area contributed by atoms with Gasteiger partial charge in [-0.25, -0.2) is 0 Å². The molecule has 0 aliphatic rings. The third-order valence-electron chi connectivity index (χ3n) is 2.47. The number of aromatic nitrogens is 2. The number of anilines is 1. The number of benzene rings is 1. The molecule has 0 radical (unpaired) electrons. The van der Waals surface area contributed by atoms with Crippen LogP contribution in [0.3, 0.4) is 0 Å². The van der Waals surface area contributed by atoms with E-state index >= 15 is 0 Å². The average Bonchev–Trinajstić information content (AvgIpc) is 2.83. The standard InChI is InChI=1S/C12H14N4O2/c1-18-10-5-3-2-4-8(10)7-14-12(17)9-6-11(13)16-15-9/h2-6H,7H2,1H3,(H,14,17)(H3,13,15,16). The second-order valence-corrected chi connectivity index (χ2v) is 3.70. The lowest BCUT2D eigenvalue weighted by Crippen LogP contribution is -2.23. The Hall–Kier alpha value is -2.50. The van der Waals surface area contributed by atoms with Crippen LogP contribution in [0.5, 0.6) is 5.75 Å². The van der Waals surface area contributed by atoms with E-state index in [2.05, 4.69) is 15.5 Å². The van der Waals surface area contributed by atoms with E-state index in [9.17, 15) is 4.79 Å². The Labute approximate surface area is 104 Å². The number of methoxy groups -OCH3 is 1. The molecule has 6 nitrogen and oxygen atoms in total. The van der Waals surface area contributed by atoms with Crippen LogP contribution in [0.2, 0.25) is 0 Å². The number of carbonyl (C=O) groups is 1. The molecule has 0 aliphatic heterocycles. The van der Waals surface area contributed by atoms with E-state index in [-0.39, 0.29) is 11.7 Å². The molecule has 0 unspecified atom stereocenters. The molecule has 2 rings (SSSR count). The van der Waals surface area contributed by atoms with Gasteiger partial charge in [-0.1, -0.05) is 18.2 Å². The van der Waals surface area contributed by atoms with Gasteiger partial charge in [-0.15, -0.1) is 0 Å². The Morgan fingerprint density at radius 1 is 1.50 bits per heavy atom. The fourth-order valence-corrected chi connectivity index (χ4v) is 1.57. The van der Waals surface area contributed by atoms with Crippen LogP contribution in [0.25, 0.3) is 0 Å². The third-order valence-corrected chi connectivity index (χ3v) is 2.47. The summed E-state index contributed by atoms with van der Waals surface area (Å²) in [5.41, 5.74) is 6.67. The van der Waals surface area contributed by atoms with Crippen molar-refractivity contribution in [2.75, 3.05) is 12.8 Å². The summed E-state index contributed by atoms with van der Waals surface area (Å²) in [6.07, 6.45) is 0. The van der Waals surface area contributed by atoms with E-state index < -0.39 is 0 Å². The Kier molecular flexibility index (Phi) is 3.47. The Balaban J connectivity index is 2.01. The Bertz CT molecular complexity index is 551. The van der Waals surface area contributed by atoms with Crippen LogP contribution >= 0.6 is 0 Å². The van der Waals surface area contributed by atoms with Gasteiger partial charge in [0, 0.05) is 18.2 Å². The molecule has 1 aromatic carbocycles. The molecule has 0 saturated heterocycles. The van der Waals surface area contributed by atoms with Crippen molar-refractivity contribution in [2.45, 2.75) is 6.54 Å². The monoisotopic (exact) mass is 246 g/mol. The van der Waals surface area contributed by atoms with Crippen LogP contribution in [0, 0.1) is 0 Å². The van der Waals surface area contributed by atoms with Crippen LogP contribution in [0.1, 0.15) is 16.1 Å². The predicted octanol–water partition coefficient (Wildman–Crippen LogP) is 0.930. The lowest BCUT2D eigenvalue weighted by molar-refractivity contribution is 0.0945. The quantitative estimate of drug-likeness (QED) is 0.748. The number of para-hydroxylation sites is 1. The molecule has 4 N–H and O–H groups in total. The van der Waals surface area contributed by atoms with Gasteiger partial charge in [0.2, 0.25) is 0 Å². The summed E-state index contributed by atoms with van der Waals surface area (Å²) >= 11 is 0. The van der Waals surface area contributed by atoms with Crippen molar-refractivity contribution >= 4 is 11.7 Å². The molecule has 1 heterocycles. The van der Waals surface area contributed by atoms with Crippen LogP contribution in [-0.2, 0) is 6.54 Å². The number of nitrogens with one attached hydrogen (secondary N) is 2. The molecule has 94 valence electrons. The number of aromatic amines is 1. The summed E-state index contributed by atoms with van der Waals surface area (Å²) in [7, 11) is 1.59. The third kappa shape index (κ3) is 2.60. The van der Waals surface area contributed by atoms with E-state index in [0.29, 0.717) is 12.2 Å². The highest BCUT2D eigenvalue weighted by atomic mass is 16.5. The maximum Gasteiger partial charge on any atom is 0.269 e. The summed E-state index contributed by atoms with van der Waals surface area (Å²) in [5.74, 6) is 0.768. The van der Waals surface area contributed by atoms with Crippen molar-refractivity contribution < 1.29 is 9.53 Å². The highest BCUT2D eigenvalue weighted by molar-refractivity contribution is 5.92. The smallest absolute Gasteiger partial charge is 0.269 e. The number of hydrogen-bond donors (Lipinski definition) is 3. The molecule has 0 saturated carbocycles. The zero-order valence-electron chi connectivity index (χ0n) is 9.93. The van der Waals surface area contributed by atoms with Crippen LogP contribution < -0.4 is 15.8 Å². The van der Waals surface area contributed by atoms with E-state index in [1.807, 2.05) is 24.3 Å². The molecular weight excluding hydrogens is 232 g/mol. The van der Waals surface area contributed by atoms with E-state index in [1.54, 1.807) is 7.11 Å². The summed E-state index contributed by atoms with van der Waals surface area (Å²) in [6.45, 7) is 0.377. The normalized spacial score (nSPS) is 10.1. The molecule has 0 bridgehead atoms. The maximum absolute atomic E-state index is 11.8. The summed E-state index contributed by atoms with van der Waals surface area (Å²) in [5, 5.41) is 9.00. The number of amides is 1. The number of nitrogens with two attached hydrogens (primary N) is 1. The fourth-order valence-electron chi connectivity index (χ4n) is 1.57. The van der Waals surface area contributed by atoms with Gasteiger partial charge in [0.25, 0.3) is 5.91 Å². The van der Waals surface area contributed by atoms with Gasteiger partial charge in [-0.05, 0) is 6.07 Å². The van der Waals surface area contributed by atoms with E-state index in [4.69, 9.17) is 10.5 Å². The lowest BCUT2D eigenvalue weighted by Gasteiger charge is -2.08. The molecule has 2 aromatic rings. The number of H-pyrrole nitrogens is 1. The minimum absolute atomic E-state index is 0.259. The number of nitrogen functional groups attached to an aromatic ring is 1. The van der Waals surface area contributed by atoms with Crippen molar-refractivity contribution in [1.82, 2.24) is 15.5 Å². The predicted molar refractivity (Wildman–Crippen MR) is 67.2 cm³/mol. The molecule has 0 atom stereocenters. The van der Waals surface area contributed by atoms with Gasteiger partial charge in [-0.2, -0.15) is 5.10 Å². The van der Waals surface area contributed by atoms with Crippen molar-refractivity contribution in [2.24, 2.45) is 0 Å². The Morgan fingerprint density at radius 3 is 2.94 bits per heavy atom. The van der Waals surface area contributed by atoms with Gasteiger partial charge in [0.1, 0.15) is 17.3 Å². The van der Waals surface area contributed by atoms with Gasteiger partial charge < -0.3 is 15.8 Å². The maximum atomic E-state index is 11.8. The topological polar surface area (TPSA) is 93.0 Å². The zero-order chi connectivity index (χ0) is 13.0. The average molecular weight is 246 g/mol. The zero-order valence-corrected chi connectivity index (χ0v) is 9.93. The largest absolute Gasteiger partial charge is 0.496 e. The van der Waals surface area contributed by atoms with Gasteiger partial charge in [-0.3, -0.25) is 9.89 Å². The number of rotatable bonds is 4. The first-order valence-electron chi connectivity index (χ1n) is 5.41. The van der Waals surface area contributed by atoms with Crippen LogP contribution in [0.15, 0.2) is 30.3 Å². The second-order valence-electron chi connectivity index (χ2n) is 3.70. The fraction of sp³-hybridized carbons (Fsp3) is 0.167. The van der Waals surface area contributed by atoms with E-state index in [0.717, 1.165) is 11.3 Å². The molecule has 1 amide bonds. The van der Waals surface area contributed by atoms with Gasteiger partial charge in [0.05, 0.1) is 7.11 Å². The van der Waals surface area contributed by atoms with Crippen molar-refractivity contribution in [3.63, 3.8) is 0 Å². The molecule has 0 fully saturated rings. The van der Waals surface area contributed by atoms with Crippen molar-refractivity contribution in [1.29, 1.82) is 0 Å². The number of carbonyl (C=O) groups excluding carboxylic acids is 1. The van der Waals surface area contributed by atoms with E-state index in [1.165, 1.54) is 6.07 Å². The van der Waals surface area contributed by atoms with Crippen molar-refractivity contribution in [3.05, 3.63) is 41.6 Å². The van der Waals surface area contributed by atoms with Gasteiger partial charge >= 0.3 is 0 Å². The highest BCUT2D eigenvalue weighted by Crippen LogP contribution is 2.16. The second kappa shape index (κ2) is 5.22. The number of hydrogen-bond acceptors (Lipinski definition) is 4. The minimum Gasteiger partial charge on any atom is -0.496 e. The minimum atomic E-state index is -0.259. The molecular formula is C12H14N4O2. The SMILES string of the molecule is COc1ccccc1CNC(=O)c1cc(N)n[nH]1.